The van der Waals surface area contributed by atoms with Crippen LogP contribution in [0.5, 0.6) is 0 Å². The number of nitrogens with one attached hydrogen (secondary N) is 1. The number of aromatic nitrogens is 4. The molecule has 0 atom stereocenters. The van der Waals surface area contributed by atoms with Gasteiger partial charge in [-0.3, -0.25) is 4.79 Å². The van der Waals surface area contributed by atoms with Gasteiger partial charge in [0.25, 0.3) is 5.91 Å². The Morgan fingerprint density at radius 3 is 2.46 bits per heavy atom. The van der Waals surface area contributed by atoms with E-state index in [9.17, 15) is 4.79 Å². The first-order valence-corrected chi connectivity index (χ1v) is 7.44. The predicted octanol–water partition coefficient (Wildman–Crippen LogP) is 1.88. The number of tetrazole rings is 1. The number of hydrazone groups is 1. The molecule has 1 heterocycles. The fourth-order valence-electron chi connectivity index (χ4n) is 2.07. The summed E-state index contributed by atoms with van der Waals surface area (Å²) in [6.45, 7) is 1.78. The maximum Gasteiger partial charge on any atom is 0.263 e. The first kappa shape index (κ1) is 15.5. The zero-order valence-electron chi connectivity index (χ0n) is 13.1. The summed E-state index contributed by atoms with van der Waals surface area (Å²) in [5.41, 5.74) is 5.02. The molecule has 0 unspecified atom stereocenters. The second-order valence-electron chi connectivity index (χ2n) is 5.11. The standard InChI is InChI=1S/C17H16N6O/c1-13(14-8-4-2-5-9-14)18-19-16(24)12-23-21-17(20-22-23)15-10-6-3-7-11-15/h2-11H,12H2,1H3,(H,19,24)/b18-13+. The van der Waals surface area contributed by atoms with Crippen LogP contribution in [-0.4, -0.2) is 31.8 Å². The van der Waals surface area contributed by atoms with Gasteiger partial charge in [0.2, 0.25) is 5.82 Å². The van der Waals surface area contributed by atoms with Crippen molar-refractivity contribution in [3.8, 4) is 11.4 Å². The molecule has 0 aliphatic carbocycles. The van der Waals surface area contributed by atoms with Gasteiger partial charge in [-0.2, -0.15) is 9.90 Å². The topological polar surface area (TPSA) is 85.1 Å². The zero-order chi connectivity index (χ0) is 16.8. The van der Waals surface area contributed by atoms with Gasteiger partial charge in [0.1, 0.15) is 6.54 Å². The summed E-state index contributed by atoms with van der Waals surface area (Å²) < 4.78 is 0. The van der Waals surface area contributed by atoms with Gasteiger partial charge in [-0.05, 0) is 17.7 Å². The van der Waals surface area contributed by atoms with Crippen LogP contribution in [0, 0.1) is 0 Å². The Bertz CT molecular complexity index is 842. The molecule has 1 amide bonds. The third-order valence-corrected chi connectivity index (χ3v) is 3.31. The first-order valence-electron chi connectivity index (χ1n) is 7.44. The molecule has 24 heavy (non-hydrogen) atoms. The summed E-state index contributed by atoms with van der Waals surface area (Å²) in [7, 11) is 0. The minimum absolute atomic E-state index is 0.0502. The third kappa shape index (κ3) is 3.89. The average molecular weight is 320 g/mol. The molecule has 0 radical (unpaired) electrons. The van der Waals surface area contributed by atoms with E-state index in [1.807, 2.05) is 67.6 Å². The smallest absolute Gasteiger partial charge is 0.263 e. The Labute approximate surface area is 139 Å². The van der Waals surface area contributed by atoms with Crippen LogP contribution in [0.1, 0.15) is 12.5 Å². The highest BCUT2D eigenvalue weighted by molar-refractivity contribution is 5.99. The van der Waals surface area contributed by atoms with E-state index in [0.29, 0.717) is 5.82 Å². The number of nitrogens with zero attached hydrogens (tertiary/aromatic N) is 5. The van der Waals surface area contributed by atoms with Crippen molar-refractivity contribution in [3.63, 3.8) is 0 Å². The molecule has 120 valence electrons. The quantitative estimate of drug-likeness (QED) is 0.574. The molecule has 0 saturated carbocycles. The van der Waals surface area contributed by atoms with Crippen molar-refractivity contribution >= 4 is 11.6 Å². The van der Waals surface area contributed by atoms with Gasteiger partial charge in [-0.25, -0.2) is 5.43 Å². The van der Waals surface area contributed by atoms with E-state index in [2.05, 4.69) is 25.9 Å². The third-order valence-electron chi connectivity index (χ3n) is 3.31. The molecule has 1 N–H and O–H groups in total. The number of benzene rings is 2. The fourth-order valence-corrected chi connectivity index (χ4v) is 2.07. The SMILES string of the molecule is C/C(=N\NC(=O)Cn1nnc(-c2ccccc2)n1)c1ccccc1. The van der Waals surface area contributed by atoms with E-state index >= 15 is 0 Å². The van der Waals surface area contributed by atoms with Crippen LogP contribution in [0.15, 0.2) is 65.8 Å². The maximum absolute atomic E-state index is 11.9. The van der Waals surface area contributed by atoms with Crippen molar-refractivity contribution in [1.29, 1.82) is 0 Å². The second kappa shape index (κ2) is 7.28. The summed E-state index contributed by atoms with van der Waals surface area (Å²) in [6.07, 6.45) is 0. The van der Waals surface area contributed by atoms with Crippen LogP contribution >= 0.6 is 0 Å². The van der Waals surface area contributed by atoms with Gasteiger partial charge >= 0.3 is 0 Å². The molecule has 1 aromatic heterocycles. The Balaban J connectivity index is 1.61. The summed E-state index contributed by atoms with van der Waals surface area (Å²) in [5.74, 6) is 0.162. The molecule has 0 saturated heterocycles. The van der Waals surface area contributed by atoms with E-state index in [-0.39, 0.29) is 12.5 Å². The molecule has 3 rings (SSSR count). The van der Waals surface area contributed by atoms with Gasteiger partial charge in [0, 0.05) is 5.56 Å². The minimum Gasteiger partial charge on any atom is -0.271 e. The molecule has 0 fully saturated rings. The van der Waals surface area contributed by atoms with E-state index in [0.717, 1.165) is 16.8 Å². The fraction of sp³-hybridized carbons (Fsp3) is 0.118. The van der Waals surface area contributed by atoms with Gasteiger partial charge in [-0.15, -0.1) is 10.2 Å². The number of carbonyl (C=O) groups is 1. The van der Waals surface area contributed by atoms with Crippen molar-refractivity contribution in [2.75, 3.05) is 0 Å². The summed E-state index contributed by atoms with van der Waals surface area (Å²) in [4.78, 5) is 13.2. The molecular weight excluding hydrogens is 304 g/mol. The van der Waals surface area contributed by atoms with Gasteiger partial charge in [-0.1, -0.05) is 60.7 Å². The lowest BCUT2D eigenvalue weighted by Gasteiger charge is -2.02. The maximum atomic E-state index is 11.9. The lowest BCUT2D eigenvalue weighted by atomic mass is 10.1. The molecule has 7 nitrogen and oxygen atoms in total. The van der Waals surface area contributed by atoms with E-state index in [1.165, 1.54) is 4.80 Å². The zero-order valence-corrected chi connectivity index (χ0v) is 13.1. The van der Waals surface area contributed by atoms with Crippen molar-refractivity contribution in [3.05, 3.63) is 66.2 Å². The molecule has 2 aromatic carbocycles. The Morgan fingerprint density at radius 2 is 1.75 bits per heavy atom. The van der Waals surface area contributed by atoms with Crippen LogP contribution in [0.2, 0.25) is 0 Å². The predicted molar refractivity (Wildman–Crippen MR) is 90.0 cm³/mol. The van der Waals surface area contributed by atoms with Crippen LogP contribution in [0.3, 0.4) is 0 Å². The largest absolute Gasteiger partial charge is 0.271 e. The van der Waals surface area contributed by atoms with Crippen molar-refractivity contribution in [2.24, 2.45) is 5.10 Å². The lowest BCUT2D eigenvalue weighted by molar-refractivity contribution is -0.122. The highest BCUT2D eigenvalue weighted by Gasteiger charge is 2.08. The highest BCUT2D eigenvalue weighted by atomic mass is 16.2. The number of hydrogen-bond acceptors (Lipinski definition) is 5. The Hall–Kier alpha value is -3.35. The molecule has 0 spiro atoms. The number of carbonyl (C=O) groups excluding carboxylic acids is 1. The lowest BCUT2D eigenvalue weighted by Crippen LogP contribution is -2.25. The second-order valence-corrected chi connectivity index (χ2v) is 5.11. The first-order chi connectivity index (χ1) is 11.7. The summed E-state index contributed by atoms with van der Waals surface area (Å²) in [5, 5.41) is 16.1. The van der Waals surface area contributed by atoms with Crippen molar-refractivity contribution < 1.29 is 4.79 Å². The Kier molecular flexibility index (Phi) is 4.71. The van der Waals surface area contributed by atoms with E-state index in [1.54, 1.807) is 0 Å². The molecule has 7 heteroatoms. The molecule has 0 aliphatic heterocycles. The molecular formula is C17H16N6O. The van der Waals surface area contributed by atoms with Crippen LogP contribution in [-0.2, 0) is 11.3 Å². The van der Waals surface area contributed by atoms with Crippen LogP contribution in [0.4, 0.5) is 0 Å². The minimum atomic E-state index is -0.317. The van der Waals surface area contributed by atoms with Crippen LogP contribution in [0.25, 0.3) is 11.4 Å². The average Bonchev–Trinajstić information content (AvgIpc) is 3.09. The molecule has 3 aromatic rings. The normalized spacial score (nSPS) is 11.3. The summed E-state index contributed by atoms with van der Waals surface area (Å²) in [6, 6.07) is 19.1. The number of hydrogen-bond donors (Lipinski definition) is 1. The molecule has 0 bridgehead atoms. The summed E-state index contributed by atoms with van der Waals surface area (Å²) >= 11 is 0. The van der Waals surface area contributed by atoms with Gasteiger partial charge < -0.3 is 0 Å². The van der Waals surface area contributed by atoms with E-state index < -0.39 is 0 Å². The van der Waals surface area contributed by atoms with Crippen molar-refractivity contribution in [2.45, 2.75) is 13.5 Å². The Morgan fingerprint density at radius 1 is 1.08 bits per heavy atom. The monoisotopic (exact) mass is 320 g/mol. The number of amides is 1. The van der Waals surface area contributed by atoms with E-state index in [4.69, 9.17) is 0 Å². The van der Waals surface area contributed by atoms with Crippen LogP contribution < -0.4 is 5.43 Å². The van der Waals surface area contributed by atoms with Gasteiger partial charge in [0.05, 0.1) is 5.71 Å². The highest BCUT2D eigenvalue weighted by Crippen LogP contribution is 2.11. The molecule has 0 aliphatic rings. The van der Waals surface area contributed by atoms with Crippen molar-refractivity contribution in [1.82, 2.24) is 25.6 Å². The van der Waals surface area contributed by atoms with Gasteiger partial charge in [0.15, 0.2) is 0 Å². The number of rotatable bonds is 5.